The number of fused-ring (bicyclic) bond motifs is 1. The Morgan fingerprint density at radius 2 is 1.96 bits per heavy atom. The summed E-state index contributed by atoms with van der Waals surface area (Å²) < 4.78 is 5.42. The van der Waals surface area contributed by atoms with E-state index in [0.29, 0.717) is 11.6 Å². The van der Waals surface area contributed by atoms with Crippen molar-refractivity contribution in [3.05, 3.63) is 75.6 Å². The van der Waals surface area contributed by atoms with Crippen molar-refractivity contribution in [3.8, 4) is 0 Å². The molecule has 1 aliphatic heterocycles. The summed E-state index contributed by atoms with van der Waals surface area (Å²) in [6, 6.07) is 16.9. The van der Waals surface area contributed by atoms with Gasteiger partial charge in [-0.05, 0) is 61.2 Å². The van der Waals surface area contributed by atoms with Gasteiger partial charge in [0, 0.05) is 49.4 Å². The molecule has 2 aromatic carbocycles. The minimum Gasteiger partial charge on any atom is -0.423 e. The van der Waals surface area contributed by atoms with Gasteiger partial charge in [0.05, 0.1) is 0 Å². The van der Waals surface area contributed by atoms with Crippen LogP contribution in [0.2, 0.25) is 0 Å². The number of anilines is 1. The van der Waals surface area contributed by atoms with Gasteiger partial charge in [-0.15, -0.1) is 0 Å². The Morgan fingerprint density at radius 1 is 1.11 bits per heavy atom. The highest BCUT2D eigenvalue weighted by Gasteiger charge is 2.24. The molecular weight excluding hydrogens is 348 g/mol. The van der Waals surface area contributed by atoms with Crippen molar-refractivity contribution in [2.45, 2.75) is 39.8 Å². The average Bonchev–Trinajstić information content (AvgIpc) is 2.67. The predicted octanol–water partition coefficient (Wildman–Crippen LogP) is 4.37. The lowest BCUT2D eigenvalue weighted by Crippen LogP contribution is -2.51. The number of benzene rings is 2. The van der Waals surface area contributed by atoms with Gasteiger partial charge in [0.2, 0.25) is 0 Å². The predicted molar refractivity (Wildman–Crippen MR) is 115 cm³/mol. The SMILES string of the molecule is CCc1ccc2oc(=O)cc(CN3CCN(c4cccc(C)c4)[C@H](C)C3)c2c1. The lowest BCUT2D eigenvalue weighted by molar-refractivity contribution is 0.221. The summed E-state index contributed by atoms with van der Waals surface area (Å²) in [5.41, 5.74) is 5.34. The second-order valence-corrected chi connectivity index (χ2v) is 7.89. The molecule has 0 unspecified atom stereocenters. The van der Waals surface area contributed by atoms with Gasteiger partial charge >= 0.3 is 5.63 Å². The first-order valence-corrected chi connectivity index (χ1v) is 10.1. The van der Waals surface area contributed by atoms with Crippen LogP contribution in [0.5, 0.6) is 0 Å². The Kier molecular flexibility index (Phi) is 5.23. The van der Waals surface area contributed by atoms with Gasteiger partial charge < -0.3 is 9.32 Å². The van der Waals surface area contributed by atoms with Crippen LogP contribution in [0, 0.1) is 6.92 Å². The van der Waals surface area contributed by atoms with Crippen LogP contribution in [-0.2, 0) is 13.0 Å². The largest absolute Gasteiger partial charge is 0.423 e. The molecule has 146 valence electrons. The van der Waals surface area contributed by atoms with Crippen molar-refractivity contribution in [1.29, 1.82) is 0 Å². The van der Waals surface area contributed by atoms with Gasteiger partial charge in [0.15, 0.2) is 0 Å². The van der Waals surface area contributed by atoms with Crippen LogP contribution < -0.4 is 10.5 Å². The fourth-order valence-corrected chi connectivity index (χ4v) is 4.23. The highest BCUT2D eigenvalue weighted by molar-refractivity contribution is 5.81. The maximum absolute atomic E-state index is 12.0. The third kappa shape index (κ3) is 3.83. The molecule has 0 bridgehead atoms. The van der Waals surface area contributed by atoms with E-state index in [2.05, 4.69) is 60.9 Å². The molecule has 0 amide bonds. The molecule has 1 atom stereocenters. The van der Waals surface area contributed by atoms with Crippen LogP contribution >= 0.6 is 0 Å². The molecular formula is C24H28N2O2. The molecule has 28 heavy (non-hydrogen) atoms. The third-order valence-electron chi connectivity index (χ3n) is 5.74. The zero-order chi connectivity index (χ0) is 19.7. The van der Waals surface area contributed by atoms with Crippen LogP contribution in [0.3, 0.4) is 0 Å². The highest BCUT2D eigenvalue weighted by atomic mass is 16.4. The Bertz CT molecular complexity index is 1040. The summed E-state index contributed by atoms with van der Waals surface area (Å²) in [4.78, 5) is 17.0. The summed E-state index contributed by atoms with van der Waals surface area (Å²) in [5.74, 6) is 0. The van der Waals surface area contributed by atoms with Crippen LogP contribution in [0.15, 0.2) is 57.7 Å². The minimum absolute atomic E-state index is 0.266. The fourth-order valence-electron chi connectivity index (χ4n) is 4.23. The van der Waals surface area contributed by atoms with Crippen molar-refractivity contribution in [3.63, 3.8) is 0 Å². The average molecular weight is 377 g/mol. The molecule has 0 saturated carbocycles. The van der Waals surface area contributed by atoms with Crippen molar-refractivity contribution >= 4 is 16.7 Å². The molecule has 1 aliphatic rings. The van der Waals surface area contributed by atoms with E-state index in [1.807, 2.05) is 12.1 Å². The van der Waals surface area contributed by atoms with Crippen molar-refractivity contribution in [2.24, 2.45) is 0 Å². The maximum atomic E-state index is 12.0. The van der Waals surface area contributed by atoms with Crippen LogP contribution in [0.1, 0.15) is 30.5 Å². The molecule has 1 fully saturated rings. The Labute approximate surface area is 166 Å². The van der Waals surface area contributed by atoms with E-state index in [0.717, 1.165) is 43.5 Å². The van der Waals surface area contributed by atoms with Gasteiger partial charge in [0.25, 0.3) is 0 Å². The third-order valence-corrected chi connectivity index (χ3v) is 5.74. The summed E-state index contributed by atoms with van der Waals surface area (Å²) in [7, 11) is 0. The molecule has 2 heterocycles. The number of nitrogens with zero attached hydrogens (tertiary/aromatic N) is 2. The van der Waals surface area contributed by atoms with Gasteiger partial charge in [-0.1, -0.05) is 25.1 Å². The molecule has 4 heteroatoms. The molecule has 1 aromatic heterocycles. The second kappa shape index (κ2) is 7.80. The van der Waals surface area contributed by atoms with Gasteiger partial charge in [-0.2, -0.15) is 0 Å². The number of rotatable bonds is 4. The molecule has 0 N–H and O–H groups in total. The monoisotopic (exact) mass is 376 g/mol. The van der Waals surface area contributed by atoms with E-state index in [4.69, 9.17) is 4.42 Å². The standard InChI is InChI=1S/C24H28N2O2/c1-4-19-8-9-23-22(13-19)20(14-24(27)28-23)16-25-10-11-26(18(3)15-25)21-7-5-6-17(2)12-21/h5-9,12-14,18H,4,10-11,15-16H2,1-3H3/t18-/m1/s1. The maximum Gasteiger partial charge on any atom is 0.336 e. The van der Waals surface area contributed by atoms with Crippen molar-refractivity contribution in [2.75, 3.05) is 24.5 Å². The number of aryl methyl sites for hydroxylation is 2. The highest BCUT2D eigenvalue weighted by Crippen LogP contribution is 2.25. The van der Waals surface area contributed by atoms with Crippen molar-refractivity contribution < 1.29 is 4.42 Å². The van der Waals surface area contributed by atoms with E-state index < -0.39 is 0 Å². The Hall–Kier alpha value is -2.59. The Morgan fingerprint density at radius 3 is 2.71 bits per heavy atom. The summed E-state index contributed by atoms with van der Waals surface area (Å²) in [5, 5.41) is 1.06. The normalized spacial score (nSPS) is 18.0. The van der Waals surface area contributed by atoms with Crippen LogP contribution in [0.25, 0.3) is 11.0 Å². The minimum atomic E-state index is -0.266. The lowest BCUT2D eigenvalue weighted by atomic mass is 10.0. The second-order valence-electron chi connectivity index (χ2n) is 7.89. The zero-order valence-corrected chi connectivity index (χ0v) is 16.9. The summed E-state index contributed by atoms with van der Waals surface area (Å²) >= 11 is 0. The van der Waals surface area contributed by atoms with Gasteiger partial charge in [-0.3, -0.25) is 4.90 Å². The summed E-state index contributed by atoms with van der Waals surface area (Å²) in [6.07, 6.45) is 0.973. The first-order chi connectivity index (χ1) is 13.5. The van der Waals surface area contributed by atoms with E-state index in [1.165, 1.54) is 16.8 Å². The molecule has 0 radical (unpaired) electrons. The lowest BCUT2D eigenvalue weighted by Gasteiger charge is -2.41. The van der Waals surface area contributed by atoms with Gasteiger partial charge in [-0.25, -0.2) is 4.79 Å². The van der Waals surface area contributed by atoms with E-state index >= 15 is 0 Å². The molecule has 0 spiro atoms. The first kappa shape index (κ1) is 18.8. The van der Waals surface area contributed by atoms with Crippen molar-refractivity contribution in [1.82, 2.24) is 4.90 Å². The van der Waals surface area contributed by atoms with Crippen LogP contribution in [-0.4, -0.2) is 30.6 Å². The number of piperazine rings is 1. The van der Waals surface area contributed by atoms with E-state index in [1.54, 1.807) is 6.07 Å². The molecule has 0 aliphatic carbocycles. The van der Waals surface area contributed by atoms with Gasteiger partial charge in [0.1, 0.15) is 5.58 Å². The Balaban J connectivity index is 1.55. The molecule has 3 aromatic rings. The van der Waals surface area contributed by atoms with E-state index in [-0.39, 0.29) is 5.63 Å². The molecule has 1 saturated heterocycles. The fraction of sp³-hybridized carbons (Fsp3) is 0.375. The van der Waals surface area contributed by atoms with Crippen LogP contribution in [0.4, 0.5) is 5.69 Å². The van der Waals surface area contributed by atoms with E-state index in [9.17, 15) is 4.79 Å². The quantitative estimate of drug-likeness (QED) is 0.634. The summed E-state index contributed by atoms with van der Waals surface area (Å²) in [6.45, 7) is 10.3. The molecule has 4 nitrogen and oxygen atoms in total. The number of hydrogen-bond acceptors (Lipinski definition) is 4. The zero-order valence-electron chi connectivity index (χ0n) is 16.9. The smallest absolute Gasteiger partial charge is 0.336 e. The topological polar surface area (TPSA) is 36.7 Å². The number of hydrogen-bond donors (Lipinski definition) is 0. The first-order valence-electron chi connectivity index (χ1n) is 10.1. The molecule has 4 rings (SSSR count).